The highest BCUT2D eigenvalue weighted by Gasteiger charge is 2.59. The Balaban J connectivity index is 1.14. The third-order valence-corrected chi connectivity index (χ3v) is 14.9. The van der Waals surface area contributed by atoms with E-state index in [1.165, 1.54) is 57.8 Å². The van der Waals surface area contributed by atoms with Crippen LogP contribution in [-0.2, 0) is 9.09 Å². The summed E-state index contributed by atoms with van der Waals surface area (Å²) in [5, 5.41) is 0. The summed E-state index contributed by atoms with van der Waals surface area (Å²) in [6.07, 6.45) is 17.5. The molecule has 0 N–H and O–H groups in total. The Morgan fingerprint density at radius 1 is 0.972 bits per heavy atom. The third-order valence-electron chi connectivity index (χ3n) is 12.1. The van der Waals surface area contributed by atoms with Crippen molar-refractivity contribution in [3.63, 3.8) is 0 Å². The summed E-state index contributed by atoms with van der Waals surface area (Å²) in [7, 11) is -2.72. The van der Waals surface area contributed by atoms with Crippen LogP contribution in [0.15, 0.2) is 11.6 Å². The Hall–Kier alpha value is -0.150. The van der Waals surface area contributed by atoms with Gasteiger partial charge in [0.1, 0.15) is 0 Å². The summed E-state index contributed by atoms with van der Waals surface area (Å²) >= 11 is 0. The fourth-order valence-corrected chi connectivity index (χ4v) is 12.2. The predicted molar refractivity (Wildman–Crippen MR) is 149 cm³/mol. The van der Waals surface area contributed by atoms with E-state index in [4.69, 9.17) is 4.52 Å². The minimum atomic E-state index is -2.72. The Morgan fingerprint density at radius 2 is 1.69 bits per heavy atom. The van der Waals surface area contributed by atoms with Crippen LogP contribution in [0.2, 0.25) is 0 Å². The van der Waals surface area contributed by atoms with Crippen molar-refractivity contribution in [1.82, 2.24) is 9.34 Å². The van der Waals surface area contributed by atoms with Crippen LogP contribution < -0.4 is 0 Å². The molecule has 5 fully saturated rings. The Kier molecular flexibility index (Phi) is 6.88. The van der Waals surface area contributed by atoms with Gasteiger partial charge in [0.05, 0.1) is 6.10 Å². The van der Waals surface area contributed by atoms with Crippen molar-refractivity contribution in [1.29, 1.82) is 0 Å². The quantitative estimate of drug-likeness (QED) is 0.176. The fraction of sp³-hybridized carbons (Fsp3) is 0.935. The SMILES string of the molecule is CC(C)CCC[C@H](C)[C@@H]1CC[C@@H]2[C@H]3CC=C4C[C@@H](OP(=O)(N5CC5)N5CC5)CC[C@]4(C)[C@@H]3CC[C@]21C. The Labute approximate surface area is 221 Å². The van der Waals surface area contributed by atoms with Crippen LogP contribution in [0.3, 0.4) is 0 Å². The van der Waals surface area contributed by atoms with Crippen LogP contribution in [0.25, 0.3) is 0 Å². The number of fused-ring (bicyclic) bond motifs is 5. The van der Waals surface area contributed by atoms with Crippen molar-refractivity contribution < 1.29 is 9.09 Å². The summed E-state index contributed by atoms with van der Waals surface area (Å²) in [4.78, 5) is 0. The minimum Gasteiger partial charge on any atom is -0.302 e. The van der Waals surface area contributed by atoms with Gasteiger partial charge in [-0.15, -0.1) is 0 Å². The van der Waals surface area contributed by atoms with Crippen molar-refractivity contribution in [2.45, 2.75) is 111 Å². The van der Waals surface area contributed by atoms with Gasteiger partial charge in [-0.05, 0) is 97.7 Å². The van der Waals surface area contributed by atoms with Gasteiger partial charge in [-0.2, -0.15) is 0 Å². The van der Waals surface area contributed by atoms with Gasteiger partial charge in [0.25, 0.3) is 0 Å². The Bertz CT molecular complexity index is 894. The summed E-state index contributed by atoms with van der Waals surface area (Å²) in [6, 6.07) is 0. The smallest absolute Gasteiger partial charge is 0.302 e. The number of hydrogen-bond donors (Lipinski definition) is 0. The zero-order valence-electron chi connectivity index (χ0n) is 23.9. The molecule has 2 saturated heterocycles. The van der Waals surface area contributed by atoms with Gasteiger partial charge < -0.3 is 4.52 Å². The van der Waals surface area contributed by atoms with Gasteiger partial charge in [0, 0.05) is 26.2 Å². The molecule has 0 amide bonds. The lowest BCUT2D eigenvalue weighted by atomic mass is 9.47. The van der Waals surface area contributed by atoms with Crippen molar-refractivity contribution in [2.75, 3.05) is 26.2 Å². The van der Waals surface area contributed by atoms with Crippen LogP contribution >= 0.6 is 7.67 Å². The highest BCUT2D eigenvalue weighted by molar-refractivity contribution is 7.54. The summed E-state index contributed by atoms with van der Waals surface area (Å²) in [5.74, 6) is 5.30. The maximum atomic E-state index is 13.6. The zero-order chi connectivity index (χ0) is 25.3. The van der Waals surface area contributed by atoms with Crippen molar-refractivity contribution in [3.8, 4) is 0 Å². The van der Waals surface area contributed by atoms with E-state index in [-0.39, 0.29) is 6.10 Å². The molecule has 4 nitrogen and oxygen atoms in total. The maximum absolute atomic E-state index is 13.6. The summed E-state index contributed by atoms with van der Waals surface area (Å²) < 4.78 is 24.3. The van der Waals surface area contributed by atoms with Crippen LogP contribution in [0.1, 0.15) is 105 Å². The second-order valence-corrected chi connectivity index (χ2v) is 17.0. The molecule has 0 aromatic rings. The third kappa shape index (κ3) is 4.43. The molecule has 0 aromatic heterocycles. The first-order chi connectivity index (χ1) is 17.1. The number of hydrogen-bond acceptors (Lipinski definition) is 2. The maximum Gasteiger partial charge on any atom is 0.346 e. The lowest BCUT2D eigenvalue weighted by molar-refractivity contribution is -0.0562. The standard InChI is InChI=1S/C31H53N2O2P/c1-22(2)7-6-8-23(3)27-11-12-28-26-10-9-24-21-25(35-36(34,32-17-18-32)33-19-20-33)13-15-30(24,4)29(26)14-16-31(27,28)5/h9,22-23,25-29H,6-8,10-21H2,1-5H3/t23-,25-,26+,27-,28+,29+,30-,31-/m0/s1. The molecule has 0 aromatic carbocycles. The molecule has 3 saturated carbocycles. The fourth-order valence-electron chi connectivity index (χ4n) is 9.84. The normalized spacial score (nSPS) is 43.5. The lowest BCUT2D eigenvalue weighted by Gasteiger charge is -2.58. The second-order valence-electron chi connectivity index (χ2n) is 14.7. The highest BCUT2D eigenvalue weighted by atomic mass is 31.2. The van der Waals surface area contributed by atoms with Crippen LogP contribution in [0.4, 0.5) is 0 Å². The first-order valence-corrected chi connectivity index (χ1v) is 17.2. The minimum absolute atomic E-state index is 0.143. The average molecular weight is 517 g/mol. The molecule has 0 spiro atoms. The van der Waals surface area contributed by atoms with Gasteiger partial charge in [-0.3, -0.25) is 4.57 Å². The molecule has 5 heteroatoms. The topological polar surface area (TPSA) is 32.3 Å². The van der Waals surface area contributed by atoms with E-state index in [0.29, 0.717) is 10.8 Å². The molecule has 2 aliphatic heterocycles. The van der Waals surface area contributed by atoms with Gasteiger partial charge in [-0.25, -0.2) is 9.34 Å². The van der Waals surface area contributed by atoms with Gasteiger partial charge in [0.2, 0.25) is 0 Å². The number of rotatable bonds is 9. The zero-order valence-corrected chi connectivity index (χ0v) is 24.8. The van der Waals surface area contributed by atoms with E-state index >= 15 is 0 Å². The molecule has 0 radical (unpaired) electrons. The summed E-state index contributed by atoms with van der Waals surface area (Å²) in [5.41, 5.74) is 2.56. The molecule has 4 aliphatic carbocycles. The largest absolute Gasteiger partial charge is 0.346 e. The van der Waals surface area contributed by atoms with E-state index in [9.17, 15) is 4.57 Å². The molecule has 0 bridgehead atoms. The Morgan fingerprint density at radius 3 is 2.36 bits per heavy atom. The van der Waals surface area contributed by atoms with Gasteiger partial charge >= 0.3 is 7.67 Å². The van der Waals surface area contributed by atoms with Crippen molar-refractivity contribution in [2.24, 2.45) is 46.3 Å². The molecule has 2 heterocycles. The lowest BCUT2D eigenvalue weighted by Crippen LogP contribution is -2.51. The van der Waals surface area contributed by atoms with Crippen molar-refractivity contribution in [3.05, 3.63) is 11.6 Å². The van der Waals surface area contributed by atoms with E-state index < -0.39 is 7.67 Å². The summed E-state index contributed by atoms with van der Waals surface area (Å²) in [6.45, 7) is 16.4. The van der Waals surface area contributed by atoms with E-state index in [1.54, 1.807) is 5.57 Å². The highest BCUT2D eigenvalue weighted by Crippen LogP contribution is 2.68. The number of nitrogens with zero attached hydrogens (tertiary/aromatic N) is 2. The molecule has 204 valence electrons. The first kappa shape index (κ1) is 26.1. The van der Waals surface area contributed by atoms with E-state index in [1.807, 2.05) is 0 Å². The molecular formula is C31H53N2O2P. The van der Waals surface area contributed by atoms with Gasteiger partial charge in [0.15, 0.2) is 0 Å². The molecule has 0 unspecified atom stereocenters. The molecule has 6 rings (SSSR count). The predicted octanol–water partition coefficient (Wildman–Crippen LogP) is 8.15. The molecular weight excluding hydrogens is 463 g/mol. The monoisotopic (exact) mass is 516 g/mol. The van der Waals surface area contributed by atoms with Crippen molar-refractivity contribution >= 4 is 7.67 Å². The van der Waals surface area contributed by atoms with Crippen LogP contribution in [0.5, 0.6) is 0 Å². The molecule has 6 aliphatic rings. The first-order valence-electron chi connectivity index (χ1n) is 15.6. The molecule has 8 atom stereocenters. The second kappa shape index (κ2) is 9.50. The molecule has 36 heavy (non-hydrogen) atoms. The van der Waals surface area contributed by atoms with Crippen LogP contribution in [0, 0.1) is 46.3 Å². The average Bonchev–Trinajstić information content (AvgIpc) is 3.73. The number of allylic oxidation sites excluding steroid dienone is 1. The van der Waals surface area contributed by atoms with Crippen LogP contribution in [-0.4, -0.2) is 41.6 Å². The van der Waals surface area contributed by atoms with E-state index in [2.05, 4.69) is 50.0 Å². The van der Waals surface area contributed by atoms with Gasteiger partial charge in [-0.1, -0.05) is 65.5 Å². The van der Waals surface area contributed by atoms with E-state index in [0.717, 1.165) is 74.5 Å².